The highest BCUT2D eigenvalue weighted by Crippen LogP contribution is 2.27. The minimum absolute atomic E-state index is 0.0849. The maximum Gasteiger partial charge on any atom is 0.263 e. The first kappa shape index (κ1) is 16.6. The van der Waals surface area contributed by atoms with Crippen LogP contribution < -0.4 is 4.74 Å². The summed E-state index contributed by atoms with van der Waals surface area (Å²) in [5.74, 6) is 1.25. The summed E-state index contributed by atoms with van der Waals surface area (Å²) >= 11 is 0. The van der Waals surface area contributed by atoms with Gasteiger partial charge in [0.05, 0.1) is 0 Å². The normalized spacial score (nSPS) is 19.4. The summed E-state index contributed by atoms with van der Waals surface area (Å²) in [5.41, 5.74) is 1.33. The Hall–Kier alpha value is -2.29. The van der Waals surface area contributed by atoms with Crippen LogP contribution in [0.4, 0.5) is 0 Å². The van der Waals surface area contributed by atoms with Crippen molar-refractivity contribution in [2.24, 2.45) is 0 Å². The minimum Gasteiger partial charge on any atom is -0.481 e. The van der Waals surface area contributed by atoms with E-state index in [4.69, 9.17) is 4.74 Å². The lowest BCUT2D eigenvalue weighted by molar-refractivity contribution is -0.138. The van der Waals surface area contributed by atoms with Gasteiger partial charge in [-0.15, -0.1) is 0 Å². The fourth-order valence-electron chi connectivity index (χ4n) is 3.35. The van der Waals surface area contributed by atoms with Gasteiger partial charge in [0.25, 0.3) is 5.91 Å². The molecule has 1 fully saturated rings. The Morgan fingerprint density at radius 2 is 1.71 bits per heavy atom. The zero-order chi connectivity index (χ0) is 16.8. The van der Waals surface area contributed by atoms with E-state index in [-0.39, 0.29) is 5.91 Å². The van der Waals surface area contributed by atoms with Crippen LogP contribution in [0.2, 0.25) is 0 Å². The molecule has 2 atom stereocenters. The molecule has 126 valence electrons. The standard InChI is InChI=1S/C21H25NO2/c1-17(24-20-13-6-3-7-14-20)21(23)22-15-9-8-12-19(16-22)18-10-4-2-5-11-18/h2-7,10-11,13-14,17,19H,8-9,12,15-16H2,1H3. The molecule has 3 heteroatoms. The number of rotatable bonds is 4. The number of nitrogens with zero attached hydrogens (tertiary/aromatic N) is 1. The van der Waals surface area contributed by atoms with Gasteiger partial charge in [-0.3, -0.25) is 4.79 Å². The first-order valence-electron chi connectivity index (χ1n) is 8.79. The summed E-state index contributed by atoms with van der Waals surface area (Å²) in [6, 6.07) is 20.1. The number of likely N-dealkylation sites (tertiary alicyclic amines) is 1. The van der Waals surface area contributed by atoms with Crippen LogP contribution in [0.25, 0.3) is 0 Å². The lowest BCUT2D eigenvalue weighted by Gasteiger charge is -2.27. The smallest absolute Gasteiger partial charge is 0.263 e. The van der Waals surface area contributed by atoms with E-state index in [2.05, 4.69) is 24.3 Å². The Labute approximate surface area is 144 Å². The quantitative estimate of drug-likeness (QED) is 0.842. The molecule has 1 aliphatic rings. The van der Waals surface area contributed by atoms with Crippen molar-refractivity contribution in [3.8, 4) is 5.75 Å². The van der Waals surface area contributed by atoms with Gasteiger partial charge in [0.1, 0.15) is 5.75 Å². The summed E-state index contributed by atoms with van der Waals surface area (Å²) in [7, 11) is 0. The third-order valence-electron chi connectivity index (χ3n) is 4.66. The van der Waals surface area contributed by atoms with Crippen LogP contribution >= 0.6 is 0 Å². The number of amides is 1. The van der Waals surface area contributed by atoms with Gasteiger partial charge in [0.2, 0.25) is 0 Å². The Morgan fingerprint density at radius 3 is 2.42 bits per heavy atom. The highest BCUT2D eigenvalue weighted by molar-refractivity contribution is 5.81. The molecule has 0 aromatic heterocycles. The molecule has 1 saturated heterocycles. The van der Waals surface area contributed by atoms with Crippen LogP contribution in [0.3, 0.4) is 0 Å². The molecule has 2 aromatic rings. The first-order valence-corrected chi connectivity index (χ1v) is 8.79. The van der Waals surface area contributed by atoms with Crippen molar-refractivity contribution in [3.63, 3.8) is 0 Å². The third kappa shape index (κ3) is 4.16. The molecular weight excluding hydrogens is 298 g/mol. The molecule has 24 heavy (non-hydrogen) atoms. The summed E-state index contributed by atoms with van der Waals surface area (Å²) < 4.78 is 5.82. The molecule has 1 aliphatic heterocycles. The summed E-state index contributed by atoms with van der Waals surface area (Å²) in [5, 5.41) is 0. The Bertz CT molecular complexity index is 641. The summed E-state index contributed by atoms with van der Waals surface area (Å²) in [6.07, 6.45) is 2.91. The summed E-state index contributed by atoms with van der Waals surface area (Å²) in [6.45, 7) is 3.45. The van der Waals surface area contributed by atoms with E-state index in [0.29, 0.717) is 5.92 Å². The largest absolute Gasteiger partial charge is 0.481 e. The van der Waals surface area contributed by atoms with E-state index in [1.165, 1.54) is 5.56 Å². The number of para-hydroxylation sites is 1. The summed E-state index contributed by atoms with van der Waals surface area (Å²) in [4.78, 5) is 14.8. The lowest BCUT2D eigenvalue weighted by atomic mass is 9.94. The topological polar surface area (TPSA) is 29.5 Å². The molecule has 0 bridgehead atoms. The molecule has 2 aromatic carbocycles. The van der Waals surface area contributed by atoms with E-state index >= 15 is 0 Å². The SMILES string of the molecule is CC(Oc1ccccc1)C(=O)N1CCCCC(c2ccccc2)C1. The van der Waals surface area contributed by atoms with E-state index < -0.39 is 6.10 Å². The van der Waals surface area contributed by atoms with Crippen molar-refractivity contribution < 1.29 is 9.53 Å². The van der Waals surface area contributed by atoms with Gasteiger partial charge in [0, 0.05) is 19.0 Å². The van der Waals surface area contributed by atoms with Gasteiger partial charge >= 0.3 is 0 Å². The van der Waals surface area contributed by atoms with Gasteiger partial charge in [-0.2, -0.15) is 0 Å². The highest BCUT2D eigenvalue weighted by atomic mass is 16.5. The first-order chi connectivity index (χ1) is 11.7. The van der Waals surface area contributed by atoms with Crippen molar-refractivity contribution in [3.05, 3.63) is 66.2 Å². The fraction of sp³-hybridized carbons (Fsp3) is 0.381. The second-order valence-corrected chi connectivity index (χ2v) is 6.46. The molecule has 0 radical (unpaired) electrons. The number of hydrogen-bond acceptors (Lipinski definition) is 2. The van der Waals surface area contributed by atoms with Crippen molar-refractivity contribution >= 4 is 5.91 Å². The Morgan fingerprint density at radius 1 is 1.04 bits per heavy atom. The van der Waals surface area contributed by atoms with Crippen LogP contribution in [0, 0.1) is 0 Å². The molecule has 0 aliphatic carbocycles. The number of benzene rings is 2. The van der Waals surface area contributed by atoms with Gasteiger partial charge in [-0.1, -0.05) is 55.0 Å². The molecule has 3 rings (SSSR count). The van der Waals surface area contributed by atoms with Gasteiger partial charge < -0.3 is 9.64 Å². The zero-order valence-corrected chi connectivity index (χ0v) is 14.2. The number of carbonyl (C=O) groups excluding carboxylic acids is 1. The van der Waals surface area contributed by atoms with Crippen LogP contribution in [0.1, 0.15) is 37.7 Å². The molecule has 1 amide bonds. The van der Waals surface area contributed by atoms with Crippen LogP contribution in [0.5, 0.6) is 5.75 Å². The molecule has 1 heterocycles. The van der Waals surface area contributed by atoms with E-state index in [1.807, 2.05) is 48.2 Å². The second-order valence-electron chi connectivity index (χ2n) is 6.46. The van der Waals surface area contributed by atoms with E-state index in [1.54, 1.807) is 0 Å². The fourth-order valence-corrected chi connectivity index (χ4v) is 3.35. The number of ether oxygens (including phenoxy) is 1. The van der Waals surface area contributed by atoms with Gasteiger partial charge in [-0.25, -0.2) is 0 Å². The van der Waals surface area contributed by atoms with Crippen LogP contribution in [0.15, 0.2) is 60.7 Å². The predicted molar refractivity (Wildman–Crippen MR) is 96.1 cm³/mol. The van der Waals surface area contributed by atoms with Crippen molar-refractivity contribution in [2.75, 3.05) is 13.1 Å². The predicted octanol–water partition coefficient (Wildman–Crippen LogP) is 4.25. The van der Waals surface area contributed by atoms with E-state index in [0.717, 1.165) is 38.1 Å². The van der Waals surface area contributed by atoms with Crippen molar-refractivity contribution in [2.45, 2.75) is 38.2 Å². The zero-order valence-electron chi connectivity index (χ0n) is 14.2. The monoisotopic (exact) mass is 323 g/mol. The third-order valence-corrected chi connectivity index (χ3v) is 4.66. The highest BCUT2D eigenvalue weighted by Gasteiger charge is 2.27. The molecule has 0 N–H and O–H groups in total. The lowest BCUT2D eigenvalue weighted by Crippen LogP contribution is -2.42. The average molecular weight is 323 g/mol. The maximum absolute atomic E-state index is 12.8. The van der Waals surface area contributed by atoms with Gasteiger partial charge in [0.15, 0.2) is 6.10 Å². The minimum atomic E-state index is -0.457. The average Bonchev–Trinajstić information content (AvgIpc) is 2.89. The molecule has 0 spiro atoms. The molecule has 0 saturated carbocycles. The molecule has 3 nitrogen and oxygen atoms in total. The maximum atomic E-state index is 12.8. The van der Waals surface area contributed by atoms with Crippen LogP contribution in [-0.2, 0) is 4.79 Å². The van der Waals surface area contributed by atoms with Gasteiger partial charge in [-0.05, 0) is 37.5 Å². The van der Waals surface area contributed by atoms with E-state index in [9.17, 15) is 4.79 Å². The Balaban J connectivity index is 1.66. The van der Waals surface area contributed by atoms with Crippen molar-refractivity contribution in [1.82, 2.24) is 4.90 Å². The molecule has 2 unspecified atom stereocenters. The molecular formula is C21H25NO2. The second kappa shape index (κ2) is 8.00. The number of carbonyl (C=O) groups is 1. The van der Waals surface area contributed by atoms with Crippen molar-refractivity contribution in [1.29, 1.82) is 0 Å². The Kier molecular flexibility index (Phi) is 5.52. The van der Waals surface area contributed by atoms with Crippen LogP contribution in [-0.4, -0.2) is 30.0 Å². The number of hydrogen-bond donors (Lipinski definition) is 0.